The molecule has 0 aromatic rings. The molecule has 0 spiro atoms. The van der Waals surface area contributed by atoms with E-state index in [4.69, 9.17) is 4.74 Å². The second kappa shape index (κ2) is 6.42. The van der Waals surface area contributed by atoms with Gasteiger partial charge in [-0.2, -0.15) is 0 Å². The van der Waals surface area contributed by atoms with E-state index in [-0.39, 0.29) is 11.9 Å². The molecule has 0 saturated heterocycles. The Morgan fingerprint density at radius 1 is 0.882 bits per heavy atom. The molecule has 98 valence electrons. The van der Waals surface area contributed by atoms with Crippen LogP contribution in [0.1, 0.15) is 64.2 Å². The van der Waals surface area contributed by atoms with Gasteiger partial charge in [0.1, 0.15) is 0 Å². The monoisotopic (exact) mass is 238 g/mol. The van der Waals surface area contributed by atoms with Gasteiger partial charge in [0.2, 0.25) is 0 Å². The highest BCUT2D eigenvalue weighted by Crippen LogP contribution is 2.40. The van der Waals surface area contributed by atoms with E-state index in [0.717, 1.165) is 0 Å². The molecule has 0 aromatic heterocycles. The van der Waals surface area contributed by atoms with Crippen LogP contribution in [0, 0.1) is 17.8 Å². The standard InChI is InChI=1S/C15H26O2/c1-17-15(16)14(12-8-4-2-5-9-12)13-10-6-3-7-11-13/h12-14H,2-11H2,1H3. The largest absolute Gasteiger partial charge is 0.469 e. The van der Waals surface area contributed by atoms with Crippen molar-refractivity contribution in [3.63, 3.8) is 0 Å². The molecule has 0 bridgehead atoms. The van der Waals surface area contributed by atoms with E-state index in [1.54, 1.807) is 7.11 Å². The first kappa shape index (κ1) is 12.9. The number of carbonyl (C=O) groups is 1. The summed E-state index contributed by atoms with van der Waals surface area (Å²) in [5.41, 5.74) is 0. The summed E-state index contributed by atoms with van der Waals surface area (Å²) < 4.78 is 5.08. The highest BCUT2D eigenvalue weighted by atomic mass is 16.5. The molecular formula is C15H26O2. The molecule has 2 heteroatoms. The van der Waals surface area contributed by atoms with Crippen LogP contribution < -0.4 is 0 Å². The third-order valence-electron chi connectivity index (χ3n) is 4.79. The van der Waals surface area contributed by atoms with Gasteiger partial charge in [-0.1, -0.05) is 38.5 Å². The number of carbonyl (C=O) groups excluding carboxylic acids is 1. The van der Waals surface area contributed by atoms with Crippen LogP contribution in [0.4, 0.5) is 0 Å². The molecule has 0 unspecified atom stereocenters. The summed E-state index contributed by atoms with van der Waals surface area (Å²) in [6, 6.07) is 0. The van der Waals surface area contributed by atoms with E-state index in [1.165, 1.54) is 64.2 Å². The number of methoxy groups -OCH3 is 1. The summed E-state index contributed by atoms with van der Waals surface area (Å²) in [5.74, 6) is 1.50. The lowest BCUT2D eigenvalue weighted by Crippen LogP contribution is -2.34. The average molecular weight is 238 g/mol. The quantitative estimate of drug-likeness (QED) is 0.696. The van der Waals surface area contributed by atoms with E-state index in [2.05, 4.69) is 0 Å². The zero-order valence-corrected chi connectivity index (χ0v) is 11.1. The minimum absolute atomic E-state index is 0.0730. The number of hydrogen-bond acceptors (Lipinski definition) is 2. The van der Waals surface area contributed by atoms with Gasteiger partial charge in [-0.3, -0.25) is 4.79 Å². The van der Waals surface area contributed by atoms with E-state index in [0.29, 0.717) is 11.8 Å². The Bertz CT molecular complexity index is 219. The van der Waals surface area contributed by atoms with E-state index >= 15 is 0 Å². The summed E-state index contributed by atoms with van der Waals surface area (Å²) >= 11 is 0. The molecule has 0 aromatic carbocycles. The van der Waals surface area contributed by atoms with Gasteiger partial charge in [0.25, 0.3) is 0 Å². The Kier molecular flexibility index (Phi) is 4.87. The zero-order valence-electron chi connectivity index (χ0n) is 11.1. The molecule has 0 atom stereocenters. The second-order valence-corrected chi connectivity index (χ2v) is 5.85. The van der Waals surface area contributed by atoms with Crippen molar-refractivity contribution >= 4 is 5.97 Å². The Morgan fingerprint density at radius 2 is 1.29 bits per heavy atom. The summed E-state index contributed by atoms with van der Waals surface area (Å²) in [6.07, 6.45) is 12.9. The smallest absolute Gasteiger partial charge is 0.309 e. The first-order chi connectivity index (χ1) is 8.33. The molecular weight excluding hydrogens is 212 g/mol. The predicted octanol–water partition coefficient (Wildman–Crippen LogP) is 3.94. The van der Waals surface area contributed by atoms with Crippen LogP contribution in [0.25, 0.3) is 0 Å². The number of rotatable bonds is 3. The van der Waals surface area contributed by atoms with Gasteiger partial charge in [-0.25, -0.2) is 0 Å². The van der Waals surface area contributed by atoms with Gasteiger partial charge in [0.15, 0.2) is 0 Å². The summed E-state index contributed by atoms with van der Waals surface area (Å²) in [4.78, 5) is 12.1. The van der Waals surface area contributed by atoms with Crippen molar-refractivity contribution in [3.05, 3.63) is 0 Å². The van der Waals surface area contributed by atoms with Crippen molar-refractivity contribution in [2.45, 2.75) is 64.2 Å². The van der Waals surface area contributed by atoms with E-state index in [1.807, 2.05) is 0 Å². The van der Waals surface area contributed by atoms with Crippen molar-refractivity contribution in [2.24, 2.45) is 17.8 Å². The van der Waals surface area contributed by atoms with E-state index in [9.17, 15) is 4.79 Å². The van der Waals surface area contributed by atoms with Crippen LogP contribution >= 0.6 is 0 Å². The first-order valence-electron chi connectivity index (χ1n) is 7.40. The first-order valence-corrected chi connectivity index (χ1v) is 7.40. The maximum atomic E-state index is 12.1. The molecule has 2 fully saturated rings. The van der Waals surface area contributed by atoms with Gasteiger partial charge >= 0.3 is 5.97 Å². The highest BCUT2D eigenvalue weighted by Gasteiger charge is 2.36. The Balaban J connectivity index is 2.02. The third-order valence-corrected chi connectivity index (χ3v) is 4.79. The molecule has 0 heterocycles. The lowest BCUT2D eigenvalue weighted by atomic mass is 9.69. The van der Waals surface area contributed by atoms with Crippen molar-refractivity contribution < 1.29 is 9.53 Å². The summed E-state index contributed by atoms with van der Waals surface area (Å²) in [7, 11) is 1.56. The minimum atomic E-state index is 0.0730. The molecule has 17 heavy (non-hydrogen) atoms. The van der Waals surface area contributed by atoms with E-state index < -0.39 is 0 Å². The number of hydrogen-bond donors (Lipinski definition) is 0. The average Bonchev–Trinajstić information content (AvgIpc) is 2.41. The molecule has 2 rings (SSSR count). The Morgan fingerprint density at radius 3 is 1.65 bits per heavy atom. The predicted molar refractivity (Wildman–Crippen MR) is 68.7 cm³/mol. The Labute approximate surface area is 105 Å². The van der Waals surface area contributed by atoms with Gasteiger partial charge in [0.05, 0.1) is 13.0 Å². The summed E-state index contributed by atoms with van der Waals surface area (Å²) in [5, 5.41) is 0. The van der Waals surface area contributed by atoms with Gasteiger partial charge < -0.3 is 4.74 Å². The summed E-state index contributed by atoms with van der Waals surface area (Å²) in [6.45, 7) is 0. The normalized spacial score (nSPS) is 23.9. The van der Waals surface area contributed by atoms with Crippen molar-refractivity contribution in [3.8, 4) is 0 Å². The molecule has 2 nitrogen and oxygen atoms in total. The molecule has 0 radical (unpaired) electrons. The zero-order chi connectivity index (χ0) is 12.1. The minimum Gasteiger partial charge on any atom is -0.469 e. The highest BCUT2D eigenvalue weighted by molar-refractivity contribution is 5.73. The molecule has 2 saturated carbocycles. The molecule has 0 N–H and O–H groups in total. The van der Waals surface area contributed by atoms with Crippen molar-refractivity contribution in [2.75, 3.05) is 7.11 Å². The molecule has 2 aliphatic carbocycles. The lowest BCUT2D eigenvalue weighted by Gasteiger charge is -2.35. The maximum absolute atomic E-state index is 12.1. The van der Waals surface area contributed by atoms with Crippen molar-refractivity contribution in [1.82, 2.24) is 0 Å². The maximum Gasteiger partial charge on any atom is 0.309 e. The SMILES string of the molecule is COC(=O)C(C1CCCCC1)C1CCCCC1. The fourth-order valence-corrected chi connectivity index (χ4v) is 3.89. The van der Waals surface area contributed by atoms with Crippen molar-refractivity contribution in [1.29, 1.82) is 0 Å². The van der Waals surface area contributed by atoms with Crippen LogP contribution in [-0.4, -0.2) is 13.1 Å². The van der Waals surface area contributed by atoms with Crippen LogP contribution in [0.15, 0.2) is 0 Å². The second-order valence-electron chi connectivity index (χ2n) is 5.85. The van der Waals surface area contributed by atoms with Gasteiger partial charge in [0, 0.05) is 0 Å². The fraction of sp³-hybridized carbons (Fsp3) is 0.933. The molecule has 2 aliphatic rings. The third kappa shape index (κ3) is 3.23. The van der Waals surface area contributed by atoms with Crippen LogP contribution in [0.5, 0.6) is 0 Å². The lowest BCUT2D eigenvalue weighted by molar-refractivity contribution is -0.151. The topological polar surface area (TPSA) is 26.3 Å². The molecule has 0 amide bonds. The van der Waals surface area contributed by atoms with Gasteiger partial charge in [-0.05, 0) is 37.5 Å². The Hall–Kier alpha value is -0.530. The van der Waals surface area contributed by atoms with Gasteiger partial charge in [-0.15, -0.1) is 0 Å². The van der Waals surface area contributed by atoms with Crippen LogP contribution in [0.3, 0.4) is 0 Å². The number of ether oxygens (including phenoxy) is 1. The van der Waals surface area contributed by atoms with Crippen LogP contribution in [0.2, 0.25) is 0 Å². The number of esters is 1. The molecule has 0 aliphatic heterocycles. The fourth-order valence-electron chi connectivity index (χ4n) is 3.89. The van der Waals surface area contributed by atoms with Crippen LogP contribution in [-0.2, 0) is 9.53 Å².